The minimum atomic E-state index is -0.293. The highest BCUT2D eigenvalue weighted by molar-refractivity contribution is 6.34. The summed E-state index contributed by atoms with van der Waals surface area (Å²) in [5, 5.41) is 11.0. The third-order valence-corrected chi connectivity index (χ3v) is 5.29. The summed E-state index contributed by atoms with van der Waals surface area (Å²) in [4.78, 5) is 28.9. The molecule has 0 fully saturated rings. The number of nitrogens with zero attached hydrogens (tertiary/aromatic N) is 3. The number of nitrogens with one attached hydrogen (secondary N) is 2. The minimum Gasteiger partial charge on any atom is -0.325 e. The van der Waals surface area contributed by atoms with E-state index in [0.717, 1.165) is 5.56 Å². The van der Waals surface area contributed by atoms with Crippen LogP contribution < -0.4 is 10.6 Å². The van der Waals surface area contributed by atoms with Gasteiger partial charge in [-0.1, -0.05) is 41.4 Å². The number of fused-ring (bicyclic) bond motifs is 1. The number of carbonyl (C=O) groups excluding carboxylic acids is 2. The number of hydrogen-bond acceptors (Lipinski definition) is 4. The summed E-state index contributed by atoms with van der Waals surface area (Å²) in [7, 11) is 0. The minimum absolute atomic E-state index is 0.221. The van der Waals surface area contributed by atoms with E-state index >= 15 is 0 Å². The maximum Gasteiger partial charge on any atom is 0.256 e. The Labute approximate surface area is 190 Å². The fraction of sp³-hybridized carbons (Fsp3) is 0.167. The second-order valence-corrected chi connectivity index (χ2v) is 8.07. The van der Waals surface area contributed by atoms with E-state index in [2.05, 4.69) is 45.0 Å². The van der Waals surface area contributed by atoms with Crippen LogP contribution in [0.5, 0.6) is 0 Å². The molecule has 0 aliphatic carbocycles. The quantitative estimate of drug-likeness (QED) is 0.452. The Bertz CT molecular complexity index is 1330. The van der Waals surface area contributed by atoms with Crippen LogP contribution >= 0.6 is 11.6 Å². The van der Waals surface area contributed by atoms with Crippen LogP contribution in [0.4, 0.5) is 11.4 Å². The molecule has 8 heteroatoms. The predicted octanol–water partition coefficient (Wildman–Crippen LogP) is 4.96. The second-order valence-electron chi connectivity index (χ2n) is 7.67. The van der Waals surface area contributed by atoms with Crippen LogP contribution in [-0.2, 0) is 11.3 Å². The molecule has 0 aliphatic rings. The third-order valence-electron chi connectivity index (χ3n) is 4.97. The number of halogens is 1. The summed E-state index contributed by atoms with van der Waals surface area (Å²) < 4.78 is 1.79. The number of anilines is 2. The lowest BCUT2D eigenvalue weighted by Crippen LogP contribution is -2.14. The normalized spacial score (nSPS) is 10.9. The van der Waals surface area contributed by atoms with E-state index in [1.165, 1.54) is 12.5 Å². The number of hydrogen-bond donors (Lipinski definition) is 2. The number of benzene rings is 2. The molecule has 0 aliphatic heterocycles. The number of rotatable bonds is 5. The lowest BCUT2D eigenvalue weighted by Gasteiger charge is -2.10. The Balaban J connectivity index is 1.62. The molecule has 2 N–H and O–H groups in total. The van der Waals surface area contributed by atoms with Gasteiger partial charge in [-0.15, -0.1) is 0 Å². The van der Waals surface area contributed by atoms with Crippen LogP contribution in [0.25, 0.3) is 11.0 Å². The lowest BCUT2D eigenvalue weighted by molar-refractivity contribution is -0.114. The monoisotopic (exact) mass is 447 g/mol. The average Bonchev–Trinajstić information content (AvgIpc) is 3.13. The highest BCUT2D eigenvalue weighted by Crippen LogP contribution is 2.27. The molecule has 0 bridgehead atoms. The number of carbonyl (C=O) groups is 2. The van der Waals surface area contributed by atoms with Gasteiger partial charge < -0.3 is 10.6 Å². The van der Waals surface area contributed by atoms with Crippen LogP contribution in [0.15, 0.2) is 54.7 Å². The molecule has 4 rings (SSSR count). The molecule has 32 heavy (non-hydrogen) atoms. The standard InChI is InChI=1S/C24H22ClN5O2/c1-14-4-6-17(7-5-14)13-30-23-20(12-26-30)19(10-15(2)27-23)24(32)29-18-8-9-22(21(25)11-18)28-16(3)31/h4-12H,13H2,1-3H3,(H,28,31)(H,29,32). The van der Waals surface area contributed by atoms with E-state index < -0.39 is 0 Å². The summed E-state index contributed by atoms with van der Waals surface area (Å²) in [5.74, 6) is -0.514. The summed E-state index contributed by atoms with van der Waals surface area (Å²) in [6, 6.07) is 14.9. The van der Waals surface area contributed by atoms with Gasteiger partial charge in [-0.2, -0.15) is 5.10 Å². The average molecular weight is 448 g/mol. The molecule has 0 atom stereocenters. The number of pyridine rings is 1. The second kappa shape index (κ2) is 8.80. The molecule has 4 aromatic rings. The zero-order chi connectivity index (χ0) is 22.8. The Hall–Kier alpha value is -3.71. The fourth-order valence-electron chi connectivity index (χ4n) is 3.43. The van der Waals surface area contributed by atoms with Gasteiger partial charge in [-0.25, -0.2) is 9.67 Å². The van der Waals surface area contributed by atoms with Crippen molar-refractivity contribution in [1.82, 2.24) is 14.8 Å². The summed E-state index contributed by atoms with van der Waals surface area (Å²) >= 11 is 6.22. The van der Waals surface area contributed by atoms with E-state index in [9.17, 15) is 9.59 Å². The van der Waals surface area contributed by atoms with Gasteiger partial charge in [-0.3, -0.25) is 9.59 Å². The SMILES string of the molecule is CC(=O)Nc1ccc(NC(=O)c2cc(C)nc3c2cnn3Cc2ccc(C)cc2)cc1Cl. The smallest absolute Gasteiger partial charge is 0.256 e. The molecule has 7 nitrogen and oxygen atoms in total. The largest absolute Gasteiger partial charge is 0.325 e. The van der Waals surface area contributed by atoms with E-state index in [0.29, 0.717) is 45.2 Å². The van der Waals surface area contributed by atoms with Gasteiger partial charge in [0.15, 0.2) is 5.65 Å². The molecule has 2 aromatic carbocycles. The highest BCUT2D eigenvalue weighted by Gasteiger charge is 2.17. The lowest BCUT2D eigenvalue weighted by atomic mass is 10.1. The number of amides is 2. The topological polar surface area (TPSA) is 88.9 Å². The predicted molar refractivity (Wildman–Crippen MR) is 126 cm³/mol. The highest BCUT2D eigenvalue weighted by atomic mass is 35.5. The molecule has 162 valence electrons. The molecule has 0 spiro atoms. The zero-order valence-corrected chi connectivity index (χ0v) is 18.7. The van der Waals surface area contributed by atoms with Gasteiger partial charge in [0.1, 0.15) is 0 Å². The summed E-state index contributed by atoms with van der Waals surface area (Å²) in [6.07, 6.45) is 1.66. The maximum atomic E-state index is 13.1. The molecule has 0 radical (unpaired) electrons. The van der Waals surface area contributed by atoms with Crippen molar-refractivity contribution < 1.29 is 9.59 Å². The van der Waals surface area contributed by atoms with Crippen molar-refractivity contribution in [3.05, 3.63) is 82.1 Å². The molecule has 0 saturated heterocycles. The Kier molecular flexibility index (Phi) is 5.92. The molecular formula is C24H22ClN5O2. The number of aromatic nitrogens is 3. The van der Waals surface area contributed by atoms with E-state index in [1.807, 2.05) is 13.8 Å². The van der Waals surface area contributed by atoms with Crippen LogP contribution in [0.3, 0.4) is 0 Å². The van der Waals surface area contributed by atoms with Crippen molar-refractivity contribution in [1.29, 1.82) is 0 Å². The van der Waals surface area contributed by atoms with Gasteiger partial charge in [0, 0.05) is 18.3 Å². The van der Waals surface area contributed by atoms with Gasteiger partial charge in [0.05, 0.1) is 34.4 Å². The van der Waals surface area contributed by atoms with Crippen molar-refractivity contribution >= 4 is 45.8 Å². The summed E-state index contributed by atoms with van der Waals surface area (Å²) in [5.41, 5.74) is 5.13. The van der Waals surface area contributed by atoms with Gasteiger partial charge in [0.25, 0.3) is 5.91 Å². The first-order valence-corrected chi connectivity index (χ1v) is 10.4. The number of aryl methyl sites for hydroxylation is 2. The van der Waals surface area contributed by atoms with E-state index in [-0.39, 0.29) is 11.8 Å². The molecule has 2 amide bonds. The Morgan fingerprint density at radius 3 is 2.47 bits per heavy atom. The van der Waals surface area contributed by atoms with Crippen LogP contribution in [0.1, 0.15) is 34.1 Å². The molecule has 2 aromatic heterocycles. The van der Waals surface area contributed by atoms with E-state index in [1.54, 1.807) is 35.1 Å². The van der Waals surface area contributed by atoms with Crippen LogP contribution in [0, 0.1) is 13.8 Å². The van der Waals surface area contributed by atoms with Crippen molar-refractivity contribution in [2.75, 3.05) is 10.6 Å². The third kappa shape index (κ3) is 4.63. The molecule has 0 unspecified atom stereocenters. The Morgan fingerprint density at radius 2 is 1.78 bits per heavy atom. The van der Waals surface area contributed by atoms with Gasteiger partial charge in [-0.05, 0) is 43.7 Å². The van der Waals surface area contributed by atoms with Crippen molar-refractivity contribution in [2.24, 2.45) is 0 Å². The Morgan fingerprint density at radius 1 is 1.03 bits per heavy atom. The van der Waals surface area contributed by atoms with Crippen molar-refractivity contribution in [3.8, 4) is 0 Å². The van der Waals surface area contributed by atoms with Crippen LogP contribution in [0.2, 0.25) is 5.02 Å². The van der Waals surface area contributed by atoms with Crippen LogP contribution in [-0.4, -0.2) is 26.6 Å². The zero-order valence-electron chi connectivity index (χ0n) is 17.9. The molecule has 0 saturated carbocycles. The van der Waals surface area contributed by atoms with E-state index in [4.69, 9.17) is 11.6 Å². The van der Waals surface area contributed by atoms with Gasteiger partial charge in [0.2, 0.25) is 5.91 Å². The maximum absolute atomic E-state index is 13.1. The molecule has 2 heterocycles. The summed E-state index contributed by atoms with van der Waals surface area (Å²) in [6.45, 7) is 5.85. The first-order valence-electron chi connectivity index (χ1n) is 10.1. The first-order chi connectivity index (χ1) is 15.3. The van der Waals surface area contributed by atoms with Crippen molar-refractivity contribution in [3.63, 3.8) is 0 Å². The molecular weight excluding hydrogens is 426 g/mol. The fourth-order valence-corrected chi connectivity index (χ4v) is 3.65. The van der Waals surface area contributed by atoms with Gasteiger partial charge >= 0.3 is 0 Å². The first kappa shape index (κ1) is 21.5. The van der Waals surface area contributed by atoms with Crippen molar-refractivity contribution in [2.45, 2.75) is 27.3 Å².